The minimum absolute atomic E-state index is 0.152. The highest BCUT2D eigenvalue weighted by molar-refractivity contribution is 7.80. The number of rotatable bonds is 5. The molecule has 0 saturated heterocycles. The maximum Gasteiger partial charge on any atom is 0.340 e. The number of methoxy groups -OCH3 is 1. The van der Waals surface area contributed by atoms with Crippen LogP contribution in [0.15, 0.2) is 54.6 Å². The number of ether oxygens (including phenoxy) is 1. The third kappa shape index (κ3) is 4.79. The molecule has 0 aliphatic carbocycles. The van der Waals surface area contributed by atoms with Crippen LogP contribution in [0.25, 0.3) is 10.4 Å². The van der Waals surface area contributed by atoms with Gasteiger partial charge in [0.15, 0.2) is 5.11 Å². The van der Waals surface area contributed by atoms with Gasteiger partial charge in [-0.25, -0.2) is 9.59 Å². The van der Waals surface area contributed by atoms with Crippen molar-refractivity contribution in [1.82, 2.24) is 0 Å². The van der Waals surface area contributed by atoms with E-state index in [1.807, 2.05) is 37.3 Å². The van der Waals surface area contributed by atoms with Crippen LogP contribution < -0.4 is 10.6 Å². The average Bonchev–Trinajstić information content (AvgIpc) is 3.13. The number of carbonyl (C=O) groups is 2. The van der Waals surface area contributed by atoms with E-state index in [-0.39, 0.29) is 10.7 Å². The van der Waals surface area contributed by atoms with Crippen LogP contribution >= 0.6 is 23.6 Å². The molecule has 0 spiro atoms. The molecule has 0 amide bonds. The number of anilines is 2. The number of benzene rings is 2. The highest BCUT2D eigenvalue weighted by Crippen LogP contribution is 2.36. The van der Waals surface area contributed by atoms with Gasteiger partial charge in [-0.15, -0.1) is 11.3 Å². The van der Waals surface area contributed by atoms with Crippen molar-refractivity contribution in [3.8, 4) is 10.4 Å². The van der Waals surface area contributed by atoms with Gasteiger partial charge in [0.2, 0.25) is 0 Å². The zero-order valence-corrected chi connectivity index (χ0v) is 17.3. The van der Waals surface area contributed by atoms with Crippen molar-refractivity contribution in [3.63, 3.8) is 0 Å². The van der Waals surface area contributed by atoms with Gasteiger partial charge >= 0.3 is 11.9 Å². The normalized spacial score (nSPS) is 10.3. The Morgan fingerprint density at radius 1 is 1.07 bits per heavy atom. The van der Waals surface area contributed by atoms with Crippen molar-refractivity contribution in [3.05, 3.63) is 71.3 Å². The fourth-order valence-corrected chi connectivity index (χ4v) is 3.97. The summed E-state index contributed by atoms with van der Waals surface area (Å²) in [5.74, 6) is -1.50. The molecule has 1 heterocycles. The fourth-order valence-electron chi connectivity index (χ4n) is 2.64. The second-order valence-electron chi connectivity index (χ2n) is 6.13. The lowest BCUT2D eigenvalue weighted by Crippen LogP contribution is -2.20. The predicted octanol–water partition coefficient (Wildman–Crippen LogP) is 5.02. The SMILES string of the molecule is COC(=O)c1cc(-c2ccccc2)sc1NC(=S)Nc1cc(C(=O)O)ccc1C. The van der Waals surface area contributed by atoms with Crippen molar-refractivity contribution in [2.75, 3.05) is 17.7 Å². The van der Waals surface area contributed by atoms with Gasteiger partial charge in [0.25, 0.3) is 0 Å². The van der Waals surface area contributed by atoms with Crippen molar-refractivity contribution >= 4 is 51.3 Å². The van der Waals surface area contributed by atoms with Crippen molar-refractivity contribution < 1.29 is 19.4 Å². The Bertz CT molecular complexity index is 1080. The quantitative estimate of drug-likeness (QED) is 0.390. The Balaban J connectivity index is 1.86. The molecule has 0 aliphatic rings. The molecule has 0 saturated carbocycles. The first-order chi connectivity index (χ1) is 13.9. The zero-order valence-electron chi connectivity index (χ0n) is 15.7. The summed E-state index contributed by atoms with van der Waals surface area (Å²) in [6.45, 7) is 1.84. The third-order valence-electron chi connectivity index (χ3n) is 4.16. The topological polar surface area (TPSA) is 87.7 Å². The number of aromatic carboxylic acids is 1. The van der Waals surface area contributed by atoms with E-state index in [1.54, 1.807) is 12.1 Å². The number of esters is 1. The molecule has 0 atom stereocenters. The highest BCUT2D eigenvalue weighted by atomic mass is 32.1. The van der Waals surface area contributed by atoms with Crippen molar-refractivity contribution in [1.29, 1.82) is 0 Å². The Labute approximate surface area is 177 Å². The number of hydrogen-bond donors (Lipinski definition) is 3. The molecule has 6 nitrogen and oxygen atoms in total. The van der Waals surface area contributed by atoms with Crippen LogP contribution in [0.3, 0.4) is 0 Å². The van der Waals surface area contributed by atoms with Crippen LogP contribution in [0, 0.1) is 6.92 Å². The molecule has 0 radical (unpaired) electrons. The summed E-state index contributed by atoms with van der Waals surface area (Å²) in [4.78, 5) is 24.3. The molecule has 3 N–H and O–H groups in total. The molecule has 0 aliphatic heterocycles. The Morgan fingerprint density at radius 3 is 2.45 bits per heavy atom. The summed E-state index contributed by atoms with van der Waals surface area (Å²) >= 11 is 6.75. The van der Waals surface area contributed by atoms with E-state index in [0.29, 0.717) is 16.3 Å². The molecule has 8 heteroatoms. The predicted molar refractivity (Wildman–Crippen MR) is 119 cm³/mol. The lowest BCUT2D eigenvalue weighted by molar-refractivity contribution is 0.0601. The largest absolute Gasteiger partial charge is 0.478 e. The van der Waals surface area contributed by atoms with Crippen LogP contribution in [-0.4, -0.2) is 29.3 Å². The van der Waals surface area contributed by atoms with Crippen LogP contribution in [0.5, 0.6) is 0 Å². The smallest absolute Gasteiger partial charge is 0.340 e. The monoisotopic (exact) mass is 426 g/mol. The van der Waals surface area contributed by atoms with E-state index in [1.165, 1.54) is 30.6 Å². The number of nitrogens with one attached hydrogen (secondary N) is 2. The van der Waals surface area contributed by atoms with Gasteiger partial charge < -0.3 is 20.5 Å². The molecule has 3 rings (SSSR count). The number of thiocarbonyl (C=S) groups is 1. The number of aryl methyl sites for hydroxylation is 1. The fraction of sp³-hybridized carbons (Fsp3) is 0.0952. The number of hydrogen-bond acceptors (Lipinski definition) is 5. The Morgan fingerprint density at radius 2 is 1.79 bits per heavy atom. The van der Waals surface area contributed by atoms with Crippen LogP contribution in [0.2, 0.25) is 0 Å². The zero-order chi connectivity index (χ0) is 21.0. The van der Waals surface area contributed by atoms with Gasteiger partial charge in [-0.3, -0.25) is 0 Å². The van der Waals surface area contributed by atoms with Gasteiger partial charge in [-0.1, -0.05) is 36.4 Å². The number of carboxylic acids is 1. The Kier molecular flexibility index (Phi) is 6.26. The van der Waals surface area contributed by atoms with E-state index in [4.69, 9.17) is 17.0 Å². The lowest BCUT2D eigenvalue weighted by atomic mass is 10.1. The molecule has 0 unspecified atom stereocenters. The molecular formula is C21H18N2O4S2. The minimum Gasteiger partial charge on any atom is -0.478 e. The van der Waals surface area contributed by atoms with Crippen LogP contribution in [0.1, 0.15) is 26.3 Å². The summed E-state index contributed by atoms with van der Waals surface area (Å²) in [5.41, 5.74) is 2.90. The first kappa shape index (κ1) is 20.5. The molecule has 148 valence electrons. The van der Waals surface area contributed by atoms with E-state index < -0.39 is 11.9 Å². The summed E-state index contributed by atoms with van der Waals surface area (Å²) in [5, 5.41) is 16.0. The summed E-state index contributed by atoms with van der Waals surface area (Å²) < 4.78 is 4.89. The van der Waals surface area contributed by atoms with E-state index in [9.17, 15) is 14.7 Å². The standard InChI is InChI=1S/C21H18N2O4S2/c1-12-8-9-14(19(24)25)10-16(12)22-21(28)23-18-15(20(26)27-2)11-17(29-18)13-6-4-3-5-7-13/h3-11H,1-2H3,(H,24,25)(H2,22,23,28). The van der Waals surface area contributed by atoms with Gasteiger partial charge in [0.05, 0.1) is 18.2 Å². The van der Waals surface area contributed by atoms with Crippen molar-refractivity contribution in [2.24, 2.45) is 0 Å². The summed E-state index contributed by atoms with van der Waals surface area (Å²) in [6.07, 6.45) is 0. The molecule has 2 aromatic carbocycles. The second kappa shape index (κ2) is 8.85. The molecule has 0 bridgehead atoms. The van der Waals surface area contributed by atoms with Crippen LogP contribution in [-0.2, 0) is 4.74 Å². The number of carboxylic acid groups (broad SMARTS) is 1. The lowest BCUT2D eigenvalue weighted by Gasteiger charge is -2.13. The van der Waals surface area contributed by atoms with Crippen molar-refractivity contribution in [2.45, 2.75) is 6.92 Å². The molecular weight excluding hydrogens is 408 g/mol. The molecule has 0 fully saturated rings. The van der Waals surface area contributed by atoms with E-state index >= 15 is 0 Å². The van der Waals surface area contributed by atoms with E-state index in [0.717, 1.165) is 16.0 Å². The minimum atomic E-state index is -1.02. The average molecular weight is 427 g/mol. The molecule has 1 aromatic heterocycles. The van der Waals surface area contributed by atoms with Gasteiger partial charge in [0.1, 0.15) is 5.00 Å². The van der Waals surface area contributed by atoms with Crippen LogP contribution in [0.4, 0.5) is 10.7 Å². The van der Waals surface area contributed by atoms with Gasteiger partial charge in [-0.05, 0) is 48.5 Å². The van der Waals surface area contributed by atoms with E-state index in [2.05, 4.69) is 10.6 Å². The highest BCUT2D eigenvalue weighted by Gasteiger charge is 2.19. The van der Waals surface area contributed by atoms with Gasteiger partial charge in [0, 0.05) is 10.6 Å². The maximum atomic E-state index is 12.2. The molecule has 3 aromatic rings. The summed E-state index contributed by atoms with van der Waals surface area (Å²) in [7, 11) is 1.32. The third-order valence-corrected chi connectivity index (χ3v) is 5.46. The first-order valence-electron chi connectivity index (χ1n) is 8.58. The number of thiophene rings is 1. The summed E-state index contributed by atoms with van der Waals surface area (Å²) in [6, 6.07) is 16.2. The van der Waals surface area contributed by atoms with Gasteiger partial charge in [-0.2, -0.15) is 0 Å². The first-order valence-corrected chi connectivity index (χ1v) is 9.81. The Hall–Kier alpha value is -3.23. The molecule has 29 heavy (non-hydrogen) atoms. The second-order valence-corrected chi connectivity index (χ2v) is 7.59. The number of carbonyl (C=O) groups excluding carboxylic acids is 1. The maximum absolute atomic E-state index is 12.2.